The standard InChI is InChI=1S/C16H20F2OS/c1-2-3-5-10-15(19)11-12-16(17,18)20-13-14-8-6-4-7-9-14/h4,6-9,15,19H,2-3,5,10,13H2,1H3. The minimum atomic E-state index is -3.12. The molecular weight excluding hydrogens is 278 g/mol. The highest BCUT2D eigenvalue weighted by atomic mass is 32.2. The summed E-state index contributed by atoms with van der Waals surface area (Å²) in [5.74, 6) is 4.34. The van der Waals surface area contributed by atoms with E-state index in [1.54, 1.807) is 12.1 Å². The zero-order chi connectivity index (χ0) is 14.8. The van der Waals surface area contributed by atoms with Crippen LogP contribution in [0.2, 0.25) is 0 Å². The normalized spacial score (nSPS) is 12.6. The summed E-state index contributed by atoms with van der Waals surface area (Å²) in [4.78, 5) is 0. The molecule has 0 bridgehead atoms. The minimum Gasteiger partial charge on any atom is -0.380 e. The number of alkyl halides is 2. The molecule has 0 fully saturated rings. The van der Waals surface area contributed by atoms with Gasteiger partial charge in [0.25, 0.3) is 0 Å². The molecule has 0 aliphatic heterocycles. The molecule has 0 saturated carbocycles. The quantitative estimate of drug-likeness (QED) is 0.592. The molecule has 1 aromatic carbocycles. The van der Waals surface area contributed by atoms with E-state index in [1.165, 1.54) is 0 Å². The molecule has 0 saturated heterocycles. The van der Waals surface area contributed by atoms with E-state index in [2.05, 4.69) is 5.92 Å². The van der Waals surface area contributed by atoms with Gasteiger partial charge in [0.05, 0.1) is 0 Å². The van der Waals surface area contributed by atoms with Crippen molar-refractivity contribution in [1.82, 2.24) is 0 Å². The molecule has 1 nitrogen and oxygen atoms in total. The van der Waals surface area contributed by atoms with Crippen LogP contribution in [-0.2, 0) is 5.75 Å². The second-order valence-electron chi connectivity index (χ2n) is 4.57. The summed E-state index contributed by atoms with van der Waals surface area (Å²) in [6, 6.07) is 9.08. The predicted molar refractivity (Wildman–Crippen MR) is 80.6 cm³/mol. The van der Waals surface area contributed by atoms with Crippen LogP contribution in [0.3, 0.4) is 0 Å². The van der Waals surface area contributed by atoms with Gasteiger partial charge in [-0.3, -0.25) is 0 Å². The largest absolute Gasteiger partial charge is 0.380 e. The third-order valence-corrected chi connectivity index (χ3v) is 3.67. The highest BCUT2D eigenvalue weighted by Gasteiger charge is 2.26. The van der Waals surface area contributed by atoms with Crippen LogP contribution in [0.5, 0.6) is 0 Å². The number of aliphatic hydroxyl groups excluding tert-OH is 1. The molecule has 0 aliphatic carbocycles. The van der Waals surface area contributed by atoms with Gasteiger partial charge in [-0.05, 0) is 24.3 Å². The van der Waals surface area contributed by atoms with Crippen molar-refractivity contribution in [3.8, 4) is 11.8 Å². The highest BCUT2D eigenvalue weighted by Crippen LogP contribution is 2.31. The Morgan fingerprint density at radius 2 is 1.95 bits per heavy atom. The minimum absolute atomic E-state index is 0.203. The number of benzene rings is 1. The van der Waals surface area contributed by atoms with E-state index in [1.807, 2.05) is 31.0 Å². The Hall–Kier alpha value is -1.05. The molecule has 0 aromatic heterocycles. The van der Waals surface area contributed by atoms with Crippen molar-refractivity contribution in [2.24, 2.45) is 0 Å². The molecule has 20 heavy (non-hydrogen) atoms. The first-order valence-corrected chi connectivity index (χ1v) is 7.78. The Morgan fingerprint density at radius 1 is 1.25 bits per heavy atom. The van der Waals surface area contributed by atoms with Crippen molar-refractivity contribution in [3.63, 3.8) is 0 Å². The Labute approximate surface area is 123 Å². The summed E-state index contributed by atoms with van der Waals surface area (Å²) in [5, 5.41) is 6.38. The summed E-state index contributed by atoms with van der Waals surface area (Å²) < 4.78 is 27.1. The van der Waals surface area contributed by atoms with E-state index in [9.17, 15) is 13.9 Å². The monoisotopic (exact) mass is 298 g/mol. The summed E-state index contributed by atoms with van der Waals surface area (Å²) in [7, 11) is 0. The Kier molecular flexibility index (Phi) is 7.64. The van der Waals surface area contributed by atoms with Crippen LogP contribution in [0.25, 0.3) is 0 Å². The van der Waals surface area contributed by atoms with Crippen molar-refractivity contribution >= 4 is 11.8 Å². The molecule has 4 heteroatoms. The second-order valence-corrected chi connectivity index (χ2v) is 5.66. The lowest BCUT2D eigenvalue weighted by molar-refractivity contribution is 0.171. The summed E-state index contributed by atoms with van der Waals surface area (Å²) >= 11 is 0.484. The lowest BCUT2D eigenvalue weighted by atomic mass is 10.1. The van der Waals surface area contributed by atoms with E-state index >= 15 is 0 Å². The fraction of sp³-hybridized carbons (Fsp3) is 0.500. The number of rotatable bonds is 7. The molecule has 1 unspecified atom stereocenters. The van der Waals surface area contributed by atoms with E-state index in [4.69, 9.17) is 0 Å². The summed E-state index contributed by atoms with van der Waals surface area (Å²) in [6.45, 7) is 2.05. The smallest absolute Gasteiger partial charge is 0.356 e. The molecule has 110 valence electrons. The van der Waals surface area contributed by atoms with Gasteiger partial charge in [-0.25, -0.2) is 0 Å². The molecule has 0 amide bonds. The SMILES string of the molecule is CCCCCC(O)C#CC(F)(F)SCc1ccccc1. The fourth-order valence-corrected chi connectivity index (χ4v) is 2.28. The van der Waals surface area contributed by atoms with Crippen LogP contribution in [0.1, 0.15) is 38.2 Å². The van der Waals surface area contributed by atoms with Crippen LogP contribution >= 0.6 is 11.8 Å². The Bertz CT molecular complexity index is 437. The van der Waals surface area contributed by atoms with Gasteiger partial charge in [-0.1, -0.05) is 67.8 Å². The van der Waals surface area contributed by atoms with Crippen molar-refractivity contribution in [2.45, 2.75) is 49.7 Å². The summed E-state index contributed by atoms with van der Waals surface area (Å²) in [5.41, 5.74) is 0.836. The van der Waals surface area contributed by atoms with Gasteiger partial charge in [-0.15, -0.1) is 0 Å². The maximum absolute atomic E-state index is 13.5. The fourth-order valence-electron chi connectivity index (χ4n) is 1.61. The molecule has 1 N–H and O–H groups in total. The molecule has 1 aromatic rings. The molecule has 1 rings (SSSR count). The number of thioether (sulfide) groups is 1. The van der Waals surface area contributed by atoms with Crippen LogP contribution in [-0.4, -0.2) is 16.5 Å². The third kappa shape index (κ3) is 7.52. The number of hydrogen-bond donors (Lipinski definition) is 1. The van der Waals surface area contributed by atoms with Gasteiger partial charge in [0.1, 0.15) is 6.10 Å². The number of unbranched alkanes of at least 4 members (excludes halogenated alkanes) is 2. The van der Waals surface area contributed by atoms with Crippen LogP contribution in [0, 0.1) is 11.8 Å². The molecule has 0 heterocycles. The maximum atomic E-state index is 13.5. The number of halogens is 2. The van der Waals surface area contributed by atoms with Gasteiger partial charge < -0.3 is 5.11 Å². The van der Waals surface area contributed by atoms with Crippen LogP contribution < -0.4 is 0 Å². The molecule has 0 spiro atoms. The highest BCUT2D eigenvalue weighted by molar-refractivity contribution is 7.99. The van der Waals surface area contributed by atoms with Gasteiger partial charge >= 0.3 is 5.25 Å². The van der Waals surface area contributed by atoms with E-state index in [0.29, 0.717) is 18.2 Å². The zero-order valence-corrected chi connectivity index (χ0v) is 12.4. The van der Waals surface area contributed by atoms with Gasteiger partial charge in [-0.2, -0.15) is 8.78 Å². The first-order chi connectivity index (χ1) is 9.53. The first-order valence-electron chi connectivity index (χ1n) is 6.80. The molecule has 0 aliphatic rings. The number of hydrogen-bond acceptors (Lipinski definition) is 2. The number of aliphatic hydroxyl groups is 1. The molecule has 0 radical (unpaired) electrons. The maximum Gasteiger partial charge on any atom is 0.356 e. The molecular formula is C16H20F2OS. The average Bonchev–Trinajstić information content (AvgIpc) is 2.45. The van der Waals surface area contributed by atoms with Gasteiger partial charge in [0.15, 0.2) is 0 Å². The Morgan fingerprint density at radius 3 is 2.60 bits per heavy atom. The average molecular weight is 298 g/mol. The first kappa shape index (κ1) is 17.0. The van der Waals surface area contributed by atoms with E-state index in [-0.39, 0.29) is 5.75 Å². The van der Waals surface area contributed by atoms with E-state index < -0.39 is 11.4 Å². The van der Waals surface area contributed by atoms with Crippen LogP contribution in [0.4, 0.5) is 8.78 Å². The lowest BCUT2D eigenvalue weighted by Crippen LogP contribution is -2.10. The van der Waals surface area contributed by atoms with Crippen molar-refractivity contribution in [1.29, 1.82) is 0 Å². The zero-order valence-electron chi connectivity index (χ0n) is 11.6. The predicted octanol–water partition coefficient (Wildman–Crippen LogP) is 4.46. The topological polar surface area (TPSA) is 20.2 Å². The van der Waals surface area contributed by atoms with Gasteiger partial charge in [0, 0.05) is 5.75 Å². The van der Waals surface area contributed by atoms with Crippen molar-refractivity contribution in [2.75, 3.05) is 0 Å². The molecule has 1 atom stereocenters. The third-order valence-electron chi connectivity index (χ3n) is 2.73. The van der Waals surface area contributed by atoms with Crippen LogP contribution in [0.15, 0.2) is 30.3 Å². The van der Waals surface area contributed by atoms with E-state index in [0.717, 1.165) is 24.8 Å². The Balaban J connectivity index is 2.40. The van der Waals surface area contributed by atoms with Gasteiger partial charge in [0.2, 0.25) is 0 Å². The van der Waals surface area contributed by atoms with Crippen molar-refractivity contribution in [3.05, 3.63) is 35.9 Å². The summed E-state index contributed by atoms with van der Waals surface area (Å²) in [6.07, 6.45) is 2.33. The van der Waals surface area contributed by atoms with Crippen molar-refractivity contribution < 1.29 is 13.9 Å². The second kappa shape index (κ2) is 8.99. The lowest BCUT2D eigenvalue weighted by Gasteiger charge is -2.09.